The molecule has 1 N–H and O–H groups in total. The largest absolute Gasteiger partial charge is 0.342 e. The van der Waals surface area contributed by atoms with E-state index in [0.29, 0.717) is 44.0 Å². The molecule has 35 heavy (non-hydrogen) atoms. The van der Waals surface area contributed by atoms with Crippen LogP contribution in [0.2, 0.25) is 0 Å². The van der Waals surface area contributed by atoms with Crippen molar-refractivity contribution in [1.29, 1.82) is 0 Å². The molecule has 3 heterocycles. The summed E-state index contributed by atoms with van der Waals surface area (Å²) in [5.41, 5.74) is 1.06. The van der Waals surface area contributed by atoms with E-state index in [1.54, 1.807) is 17.8 Å². The van der Waals surface area contributed by atoms with Crippen LogP contribution in [0.3, 0.4) is 0 Å². The molecule has 1 aromatic heterocycles. The van der Waals surface area contributed by atoms with Crippen molar-refractivity contribution < 1.29 is 14.4 Å². The van der Waals surface area contributed by atoms with Crippen molar-refractivity contribution in [2.75, 3.05) is 38.2 Å². The zero-order valence-electron chi connectivity index (χ0n) is 20.7. The first-order valence-electron chi connectivity index (χ1n) is 12.7. The number of thioether (sulfide) groups is 1. The Hall–Kier alpha value is -2.61. The summed E-state index contributed by atoms with van der Waals surface area (Å²) in [4.78, 5) is 47.7. The highest BCUT2D eigenvalue weighted by Crippen LogP contribution is 2.24. The van der Waals surface area contributed by atoms with Crippen LogP contribution in [0, 0.1) is 11.8 Å². The molecule has 2 fully saturated rings. The number of piperidine rings is 2. The lowest BCUT2D eigenvalue weighted by molar-refractivity contribution is -0.142. The third kappa shape index (κ3) is 6.34. The number of nitrogens with one attached hydrogen (secondary N) is 1. The van der Waals surface area contributed by atoms with Gasteiger partial charge in [-0.2, -0.15) is 11.8 Å². The van der Waals surface area contributed by atoms with E-state index in [1.807, 2.05) is 46.4 Å². The molecular formula is C27H36N4O3S. The average Bonchev–Trinajstić information content (AvgIpc) is 2.90. The van der Waals surface area contributed by atoms with E-state index < -0.39 is 6.04 Å². The number of carbonyl (C=O) groups excluding carboxylic acids is 3. The highest BCUT2D eigenvalue weighted by atomic mass is 32.2. The van der Waals surface area contributed by atoms with Gasteiger partial charge in [0.05, 0.1) is 5.52 Å². The number of nitrogens with zero attached hydrogens (tertiary/aromatic N) is 3. The summed E-state index contributed by atoms with van der Waals surface area (Å²) in [6.07, 6.45) is 6.19. The fraction of sp³-hybridized carbons (Fsp3) is 0.556. The second-order valence-electron chi connectivity index (χ2n) is 9.83. The highest BCUT2D eigenvalue weighted by Gasteiger charge is 2.34. The Bertz CT molecular complexity index is 1050. The number of rotatable bonds is 7. The van der Waals surface area contributed by atoms with Gasteiger partial charge in [0.25, 0.3) is 5.91 Å². The minimum Gasteiger partial charge on any atom is -0.342 e. The molecule has 2 atom stereocenters. The van der Waals surface area contributed by atoms with Crippen molar-refractivity contribution in [3.8, 4) is 0 Å². The van der Waals surface area contributed by atoms with Gasteiger partial charge in [-0.05, 0) is 62.2 Å². The number of carbonyl (C=O) groups is 3. The summed E-state index contributed by atoms with van der Waals surface area (Å²) in [6.45, 7) is 5.02. The minimum atomic E-state index is -0.599. The first-order chi connectivity index (χ1) is 17.0. The first-order valence-corrected chi connectivity index (χ1v) is 14.1. The second kappa shape index (κ2) is 11.9. The summed E-state index contributed by atoms with van der Waals surface area (Å²) in [5.74, 6) is 1.17. The van der Waals surface area contributed by atoms with Crippen LogP contribution in [0.4, 0.5) is 0 Å². The van der Waals surface area contributed by atoms with Crippen molar-refractivity contribution in [1.82, 2.24) is 20.1 Å². The van der Waals surface area contributed by atoms with Crippen LogP contribution in [-0.4, -0.2) is 76.7 Å². The summed E-state index contributed by atoms with van der Waals surface area (Å²) < 4.78 is 0. The maximum atomic E-state index is 13.4. The van der Waals surface area contributed by atoms with Gasteiger partial charge in [0, 0.05) is 37.5 Å². The van der Waals surface area contributed by atoms with Gasteiger partial charge < -0.3 is 15.1 Å². The van der Waals surface area contributed by atoms with Crippen molar-refractivity contribution in [2.24, 2.45) is 11.8 Å². The molecule has 2 aliphatic rings. The number of hydrogen-bond donors (Lipinski definition) is 1. The molecule has 3 amide bonds. The zero-order valence-corrected chi connectivity index (χ0v) is 21.6. The van der Waals surface area contributed by atoms with Crippen LogP contribution in [0.1, 0.15) is 49.5 Å². The van der Waals surface area contributed by atoms with E-state index >= 15 is 0 Å². The molecular weight excluding hydrogens is 460 g/mol. The Kier molecular flexibility index (Phi) is 8.65. The molecule has 0 aliphatic carbocycles. The Morgan fingerprint density at radius 1 is 1.06 bits per heavy atom. The lowest BCUT2D eigenvalue weighted by Gasteiger charge is -2.38. The fourth-order valence-electron chi connectivity index (χ4n) is 5.13. The lowest BCUT2D eigenvalue weighted by Crippen LogP contribution is -2.52. The molecule has 7 nitrogen and oxygen atoms in total. The first kappa shape index (κ1) is 25.5. The third-order valence-electron chi connectivity index (χ3n) is 7.17. The third-order valence-corrected chi connectivity index (χ3v) is 7.81. The maximum Gasteiger partial charge on any atom is 0.270 e. The molecule has 0 radical (unpaired) electrons. The monoisotopic (exact) mass is 496 g/mol. The van der Waals surface area contributed by atoms with E-state index in [1.165, 1.54) is 6.42 Å². The Labute approximate surface area is 212 Å². The van der Waals surface area contributed by atoms with Crippen LogP contribution in [0.15, 0.2) is 36.4 Å². The van der Waals surface area contributed by atoms with Crippen molar-refractivity contribution in [2.45, 2.75) is 45.1 Å². The predicted octanol–water partition coefficient (Wildman–Crippen LogP) is 3.58. The second-order valence-corrected chi connectivity index (χ2v) is 10.8. The number of pyridine rings is 1. The number of aromatic nitrogens is 1. The van der Waals surface area contributed by atoms with E-state index in [0.717, 1.165) is 36.2 Å². The van der Waals surface area contributed by atoms with Gasteiger partial charge in [0.2, 0.25) is 11.8 Å². The van der Waals surface area contributed by atoms with Gasteiger partial charge in [-0.3, -0.25) is 14.4 Å². The predicted molar refractivity (Wildman–Crippen MR) is 140 cm³/mol. The number of fused-ring (bicyclic) bond motifs is 1. The summed E-state index contributed by atoms with van der Waals surface area (Å²) in [5, 5.41) is 3.91. The van der Waals surface area contributed by atoms with Gasteiger partial charge in [0.15, 0.2) is 0 Å². The van der Waals surface area contributed by atoms with E-state index in [4.69, 9.17) is 0 Å². The van der Waals surface area contributed by atoms with Crippen molar-refractivity contribution in [3.63, 3.8) is 0 Å². The average molecular weight is 497 g/mol. The number of amides is 3. The topological polar surface area (TPSA) is 82.6 Å². The standard InChI is InChI=1S/C27H36N4O3S/c1-19-6-5-14-31(18-19)26(33)21-11-15-30(16-12-21)27(34)24(13-17-35-2)29-25(32)23-10-9-20-7-3-4-8-22(20)28-23/h3-4,7-10,19,21,24H,5-6,11-18H2,1-2H3,(H,29,32)/t19-,24+/m1/s1. The molecule has 0 spiro atoms. The number of likely N-dealkylation sites (tertiary alicyclic amines) is 2. The Morgan fingerprint density at radius 2 is 1.83 bits per heavy atom. The van der Waals surface area contributed by atoms with Gasteiger partial charge >= 0.3 is 0 Å². The molecule has 0 unspecified atom stereocenters. The quantitative estimate of drug-likeness (QED) is 0.634. The molecule has 0 saturated carbocycles. The number of hydrogen-bond acceptors (Lipinski definition) is 5. The Balaban J connectivity index is 1.36. The summed E-state index contributed by atoms with van der Waals surface area (Å²) in [7, 11) is 0. The van der Waals surface area contributed by atoms with Gasteiger partial charge in [0.1, 0.15) is 11.7 Å². The smallest absolute Gasteiger partial charge is 0.270 e. The normalized spacial score (nSPS) is 20.0. The SMILES string of the molecule is CSCC[C@H](NC(=O)c1ccc2ccccc2n1)C(=O)N1CCC(C(=O)N2CCC[C@@H](C)C2)CC1. The summed E-state index contributed by atoms with van der Waals surface area (Å²) in [6, 6.07) is 10.6. The van der Waals surface area contributed by atoms with E-state index in [9.17, 15) is 14.4 Å². The molecule has 0 bridgehead atoms. The van der Waals surface area contributed by atoms with Crippen LogP contribution < -0.4 is 5.32 Å². The molecule has 1 aromatic carbocycles. The maximum absolute atomic E-state index is 13.4. The van der Waals surface area contributed by atoms with Crippen LogP contribution in [0.25, 0.3) is 10.9 Å². The van der Waals surface area contributed by atoms with Crippen LogP contribution >= 0.6 is 11.8 Å². The van der Waals surface area contributed by atoms with Crippen LogP contribution in [0.5, 0.6) is 0 Å². The lowest BCUT2D eigenvalue weighted by atomic mass is 9.92. The van der Waals surface area contributed by atoms with Gasteiger partial charge in [-0.1, -0.05) is 31.2 Å². The molecule has 188 valence electrons. The summed E-state index contributed by atoms with van der Waals surface area (Å²) >= 11 is 1.65. The molecule has 2 saturated heterocycles. The fourth-order valence-corrected chi connectivity index (χ4v) is 5.60. The minimum absolute atomic E-state index is 0.00890. The van der Waals surface area contributed by atoms with Gasteiger partial charge in [-0.15, -0.1) is 0 Å². The number of benzene rings is 1. The highest BCUT2D eigenvalue weighted by molar-refractivity contribution is 7.98. The number of para-hydroxylation sites is 1. The Morgan fingerprint density at radius 3 is 2.57 bits per heavy atom. The molecule has 2 aromatic rings. The van der Waals surface area contributed by atoms with Crippen molar-refractivity contribution in [3.05, 3.63) is 42.1 Å². The zero-order chi connectivity index (χ0) is 24.8. The molecule has 4 rings (SSSR count). The van der Waals surface area contributed by atoms with E-state index in [2.05, 4.69) is 17.2 Å². The van der Waals surface area contributed by atoms with Crippen LogP contribution in [-0.2, 0) is 9.59 Å². The van der Waals surface area contributed by atoms with E-state index in [-0.39, 0.29) is 23.6 Å². The van der Waals surface area contributed by atoms with Crippen molar-refractivity contribution >= 4 is 40.4 Å². The molecule has 8 heteroatoms. The molecule has 2 aliphatic heterocycles. The van der Waals surface area contributed by atoms with Gasteiger partial charge in [-0.25, -0.2) is 4.98 Å².